The quantitative estimate of drug-likeness (QED) is 0.751. The van der Waals surface area contributed by atoms with Crippen LogP contribution in [0.3, 0.4) is 0 Å². The summed E-state index contributed by atoms with van der Waals surface area (Å²) in [6.45, 7) is 4.56. The van der Waals surface area contributed by atoms with Crippen molar-refractivity contribution in [1.82, 2.24) is 15.3 Å². The van der Waals surface area contributed by atoms with E-state index >= 15 is 0 Å². The van der Waals surface area contributed by atoms with Crippen molar-refractivity contribution in [2.45, 2.75) is 26.4 Å². The highest BCUT2D eigenvalue weighted by Gasteiger charge is 2.12. The monoisotopic (exact) mass is 261 g/mol. The molecule has 0 fully saturated rings. The molecule has 1 aromatic heterocycles. The number of aromatic amines is 1. The average molecular weight is 261 g/mol. The zero-order chi connectivity index (χ0) is 13.8. The van der Waals surface area contributed by atoms with Crippen molar-refractivity contribution < 1.29 is 5.11 Å². The number of hydrogen-bond donors (Lipinski definition) is 3. The van der Waals surface area contributed by atoms with Gasteiger partial charge in [0.15, 0.2) is 0 Å². The average Bonchev–Trinajstić information content (AvgIpc) is 2.39. The first-order valence-corrected chi connectivity index (χ1v) is 6.44. The second-order valence-corrected chi connectivity index (χ2v) is 4.94. The number of para-hydroxylation sites is 1. The fraction of sp³-hybridized carbons (Fsp3) is 0.429. The molecule has 3 N–H and O–H groups in total. The molecule has 0 amide bonds. The Bertz CT molecular complexity index is 607. The van der Waals surface area contributed by atoms with Gasteiger partial charge in [0.2, 0.25) is 0 Å². The molecule has 0 saturated heterocycles. The van der Waals surface area contributed by atoms with Gasteiger partial charge >= 0.3 is 0 Å². The molecule has 2 rings (SSSR count). The molecule has 102 valence electrons. The lowest BCUT2D eigenvalue weighted by molar-refractivity contribution is 0.209. The van der Waals surface area contributed by atoms with E-state index in [2.05, 4.69) is 15.3 Å². The molecular weight excluding hydrogens is 242 g/mol. The Labute approximate surface area is 111 Å². The van der Waals surface area contributed by atoms with Gasteiger partial charge in [0.05, 0.1) is 24.1 Å². The van der Waals surface area contributed by atoms with Gasteiger partial charge in [-0.05, 0) is 18.1 Å². The van der Waals surface area contributed by atoms with Gasteiger partial charge in [-0.3, -0.25) is 4.79 Å². The van der Waals surface area contributed by atoms with E-state index in [-0.39, 0.29) is 18.2 Å². The Morgan fingerprint density at radius 3 is 2.79 bits per heavy atom. The zero-order valence-corrected chi connectivity index (χ0v) is 11.2. The van der Waals surface area contributed by atoms with Gasteiger partial charge in [0, 0.05) is 6.04 Å². The minimum absolute atomic E-state index is 0.00299. The highest BCUT2D eigenvalue weighted by molar-refractivity contribution is 5.77. The maximum Gasteiger partial charge on any atom is 0.258 e. The topological polar surface area (TPSA) is 78.0 Å². The Morgan fingerprint density at radius 1 is 1.37 bits per heavy atom. The summed E-state index contributed by atoms with van der Waals surface area (Å²) in [5.74, 6) is 0.903. The minimum atomic E-state index is -0.132. The Balaban J connectivity index is 2.20. The van der Waals surface area contributed by atoms with Crippen LogP contribution < -0.4 is 10.9 Å². The van der Waals surface area contributed by atoms with Gasteiger partial charge in [-0.25, -0.2) is 4.98 Å². The highest BCUT2D eigenvalue weighted by atomic mass is 16.3. The molecule has 1 heterocycles. The normalized spacial score (nSPS) is 13.1. The summed E-state index contributed by atoms with van der Waals surface area (Å²) in [6.07, 6.45) is 0. The van der Waals surface area contributed by atoms with Crippen LogP contribution in [0.2, 0.25) is 0 Å². The maximum absolute atomic E-state index is 11.9. The van der Waals surface area contributed by atoms with Crippen LogP contribution in [0.5, 0.6) is 0 Å². The standard InChI is InChI=1S/C14H19N3O2/c1-9(2)12(8-18)15-7-13-16-11-6-4-3-5-10(11)14(19)17-13/h3-6,9,12,15,18H,7-8H2,1-2H3,(H,16,17,19)/t12-/m1/s1. The van der Waals surface area contributed by atoms with Crippen molar-refractivity contribution >= 4 is 10.9 Å². The molecule has 5 nitrogen and oxygen atoms in total. The van der Waals surface area contributed by atoms with Crippen LogP contribution in [-0.2, 0) is 6.54 Å². The Morgan fingerprint density at radius 2 is 2.11 bits per heavy atom. The number of hydrogen-bond acceptors (Lipinski definition) is 4. The molecule has 0 radical (unpaired) electrons. The maximum atomic E-state index is 11.9. The first kappa shape index (κ1) is 13.7. The SMILES string of the molecule is CC(C)[C@@H](CO)NCc1nc2ccccc2c(=O)[nH]1. The van der Waals surface area contributed by atoms with E-state index in [0.29, 0.717) is 29.2 Å². The Kier molecular flexibility index (Phi) is 4.29. The summed E-state index contributed by atoms with van der Waals surface area (Å²) in [7, 11) is 0. The number of nitrogens with one attached hydrogen (secondary N) is 2. The van der Waals surface area contributed by atoms with Crippen LogP contribution in [0.25, 0.3) is 10.9 Å². The van der Waals surface area contributed by atoms with Crippen molar-refractivity contribution in [2.24, 2.45) is 5.92 Å². The molecule has 0 spiro atoms. The molecule has 19 heavy (non-hydrogen) atoms. The van der Waals surface area contributed by atoms with Crippen LogP contribution in [-0.4, -0.2) is 27.7 Å². The summed E-state index contributed by atoms with van der Waals surface area (Å²) < 4.78 is 0. The highest BCUT2D eigenvalue weighted by Crippen LogP contribution is 2.06. The molecule has 0 aliphatic carbocycles. The molecule has 5 heteroatoms. The zero-order valence-electron chi connectivity index (χ0n) is 11.2. The number of aliphatic hydroxyl groups excluding tert-OH is 1. The van der Waals surface area contributed by atoms with E-state index in [4.69, 9.17) is 0 Å². The fourth-order valence-electron chi connectivity index (χ4n) is 1.96. The summed E-state index contributed by atoms with van der Waals surface area (Å²) in [5.41, 5.74) is 0.556. The van der Waals surface area contributed by atoms with Crippen molar-refractivity contribution in [3.05, 3.63) is 40.4 Å². The molecule has 0 unspecified atom stereocenters. The van der Waals surface area contributed by atoms with Gasteiger partial charge < -0.3 is 15.4 Å². The van der Waals surface area contributed by atoms with Gasteiger partial charge in [-0.15, -0.1) is 0 Å². The minimum Gasteiger partial charge on any atom is -0.395 e. The first-order chi connectivity index (χ1) is 9.11. The largest absolute Gasteiger partial charge is 0.395 e. The van der Waals surface area contributed by atoms with Crippen LogP contribution in [0.15, 0.2) is 29.1 Å². The molecular formula is C14H19N3O2. The van der Waals surface area contributed by atoms with Gasteiger partial charge in [0.1, 0.15) is 5.82 Å². The number of H-pyrrole nitrogens is 1. The van der Waals surface area contributed by atoms with E-state index in [9.17, 15) is 9.90 Å². The van der Waals surface area contributed by atoms with Crippen molar-refractivity contribution in [3.8, 4) is 0 Å². The lowest BCUT2D eigenvalue weighted by Crippen LogP contribution is -2.37. The second kappa shape index (κ2) is 5.95. The molecule has 0 aliphatic rings. The van der Waals surface area contributed by atoms with E-state index < -0.39 is 0 Å². The van der Waals surface area contributed by atoms with E-state index in [1.807, 2.05) is 32.0 Å². The smallest absolute Gasteiger partial charge is 0.258 e. The number of rotatable bonds is 5. The van der Waals surface area contributed by atoms with E-state index in [1.54, 1.807) is 6.07 Å². The number of nitrogens with zero attached hydrogens (tertiary/aromatic N) is 1. The first-order valence-electron chi connectivity index (χ1n) is 6.44. The van der Waals surface area contributed by atoms with E-state index in [1.165, 1.54) is 0 Å². The molecule has 2 aromatic rings. The third kappa shape index (κ3) is 3.19. The van der Waals surface area contributed by atoms with Crippen LogP contribution in [0.4, 0.5) is 0 Å². The van der Waals surface area contributed by atoms with Crippen molar-refractivity contribution in [3.63, 3.8) is 0 Å². The van der Waals surface area contributed by atoms with Crippen LogP contribution in [0.1, 0.15) is 19.7 Å². The van der Waals surface area contributed by atoms with Gasteiger partial charge in [-0.1, -0.05) is 26.0 Å². The lowest BCUT2D eigenvalue weighted by Gasteiger charge is -2.19. The number of benzene rings is 1. The van der Waals surface area contributed by atoms with Crippen molar-refractivity contribution in [2.75, 3.05) is 6.61 Å². The summed E-state index contributed by atoms with van der Waals surface area (Å²) in [6, 6.07) is 7.24. The molecule has 1 atom stereocenters. The third-order valence-corrected chi connectivity index (χ3v) is 3.20. The Hall–Kier alpha value is -1.72. The molecule has 0 bridgehead atoms. The van der Waals surface area contributed by atoms with Gasteiger partial charge in [0.25, 0.3) is 5.56 Å². The number of fused-ring (bicyclic) bond motifs is 1. The fourth-order valence-corrected chi connectivity index (χ4v) is 1.96. The molecule has 0 saturated carbocycles. The van der Waals surface area contributed by atoms with Crippen molar-refractivity contribution in [1.29, 1.82) is 0 Å². The number of aliphatic hydroxyl groups is 1. The predicted molar refractivity (Wildman–Crippen MR) is 74.9 cm³/mol. The van der Waals surface area contributed by atoms with Crippen LogP contribution >= 0.6 is 0 Å². The summed E-state index contributed by atoms with van der Waals surface area (Å²) in [4.78, 5) is 19.0. The predicted octanol–water partition coefficient (Wildman–Crippen LogP) is 1.03. The summed E-state index contributed by atoms with van der Waals surface area (Å²) >= 11 is 0. The lowest BCUT2D eigenvalue weighted by atomic mass is 10.1. The van der Waals surface area contributed by atoms with Crippen LogP contribution in [0, 0.1) is 5.92 Å². The van der Waals surface area contributed by atoms with Gasteiger partial charge in [-0.2, -0.15) is 0 Å². The number of aromatic nitrogens is 2. The second-order valence-electron chi connectivity index (χ2n) is 4.94. The van der Waals surface area contributed by atoms with E-state index in [0.717, 1.165) is 0 Å². The molecule has 1 aromatic carbocycles. The summed E-state index contributed by atoms with van der Waals surface area (Å²) in [5, 5.41) is 13.0. The molecule has 0 aliphatic heterocycles. The third-order valence-electron chi connectivity index (χ3n) is 3.20.